The molecule has 0 radical (unpaired) electrons. The minimum atomic E-state index is -0.227. The van der Waals surface area contributed by atoms with Crippen LogP contribution in [-0.2, 0) is 4.74 Å². The second-order valence-corrected chi connectivity index (χ2v) is 4.78. The second-order valence-electron chi connectivity index (χ2n) is 4.78. The molecule has 0 bridgehead atoms. The van der Waals surface area contributed by atoms with Crippen molar-refractivity contribution in [3.63, 3.8) is 0 Å². The molecule has 0 saturated carbocycles. The van der Waals surface area contributed by atoms with Crippen LogP contribution >= 0.6 is 0 Å². The fourth-order valence-electron chi connectivity index (χ4n) is 1.89. The Morgan fingerprint density at radius 1 is 1.33 bits per heavy atom. The van der Waals surface area contributed by atoms with Crippen LogP contribution in [0.25, 0.3) is 0 Å². The molecule has 1 rings (SSSR count). The van der Waals surface area contributed by atoms with E-state index in [4.69, 9.17) is 10.5 Å². The van der Waals surface area contributed by atoms with E-state index in [1.165, 1.54) is 6.07 Å². The second kappa shape index (κ2) is 6.71. The number of rotatable bonds is 6. The first kappa shape index (κ1) is 14.9. The van der Waals surface area contributed by atoms with E-state index >= 15 is 0 Å². The molecular weight excluding hydrogens is 231 g/mol. The summed E-state index contributed by atoms with van der Waals surface area (Å²) in [4.78, 5) is 1.99. The number of ether oxygens (including phenoxy) is 1. The summed E-state index contributed by atoms with van der Waals surface area (Å²) >= 11 is 0. The Kier molecular flexibility index (Phi) is 5.56. The van der Waals surface area contributed by atoms with Gasteiger partial charge >= 0.3 is 0 Å². The summed E-state index contributed by atoms with van der Waals surface area (Å²) in [7, 11) is 1.65. The van der Waals surface area contributed by atoms with Gasteiger partial charge in [-0.1, -0.05) is 6.07 Å². The van der Waals surface area contributed by atoms with Crippen LogP contribution in [0.4, 0.5) is 10.1 Å². The molecule has 1 aromatic rings. The van der Waals surface area contributed by atoms with Crippen LogP contribution in [0.2, 0.25) is 0 Å². The Morgan fingerprint density at radius 2 is 2.00 bits per heavy atom. The Balaban J connectivity index is 2.98. The summed E-state index contributed by atoms with van der Waals surface area (Å²) in [5.41, 5.74) is 7.16. The molecule has 102 valence electrons. The summed E-state index contributed by atoms with van der Waals surface area (Å²) in [5, 5.41) is 0. The zero-order chi connectivity index (χ0) is 13.7. The number of halogens is 1. The van der Waals surface area contributed by atoms with Gasteiger partial charge in [-0.3, -0.25) is 0 Å². The molecule has 0 aliphatic heterocycles. The Morgan fingerprint density at radius 3 is 2.44 bits per heavy atom. The molecule has 0 spiro atoms. The van der Waals surface area contributed by atoms with Gasteiger partial charge in [0.25, 0.3) is 0 Å². The van der Waals surface area contributed by atoms with Crippen LogP contribution in [-0.4, -0.2) is 26.3 Å². The minimum absolute atomic E-state index is 0.153. The van der Waals surface area contributed by atoms with Crippen molar-refractivity contribution in [2.75, 3.05) is 25.2 Å². The molecule has 0 aliphatic rings. The molecule has 0 saturated heterocycles. The summed E-state index contributed by atoms with van der Waals surface area (Å²) in [6.07, 6.45) is 0. The van der Waals surface area contributed by atoms with E-state index in [9.17, 15) is 4.39 Å². The lowest BCUT2D eigenvalue weighted by Crippen LogP contribution is -2.34. The fourth-order valence-corrected chi connectivity index (χ4v) is 1.89. The third-order valence-corrected chi connectivity index (χ3v) is 2.97. The lowest BCUT2D eigenvalue weighted by atomic mass is 10.1. The largest absolute Gasteiger partial charge is 0.383 e. The topological polar surface area (TPSA) is 38.5 Å². The molecule has 3 nitrogen and oxygen atoms in total. The molecule has 0 unspecified atom stereocenters. The van der Waals surface area contributed by atoms with E-state index in [1.54, 1.807) is 13.2 Å². The number of benzene rings is 1. The van der Waals surface area contributed by atoms with E-state index in [0.29, 0.717) is 18.8 Å². The summed E-state index contributed by atoms with van der Waals surface area (Å²) in [5.74, 6) is -0.227. The van der Waals surface area contributed by atoms with Crippen molar-refractivity contribution in [2.24, 2.45) is 5.73 Å². The summed E-state index contributed by atoms with van der Waals surface area (Å²) < 4.78 is 19.2. The van der Waals surface area contributed by atoms with Gasteiger partial charge in [0.05, 0.1) is 12.3 Å². The summed E-state index contributed by atoms with van der Waals surface area (Å²) in [6.45, 7) is 7.16. The molecule has 4 heteroatoms. The lowest BCUT2D eigenvalue weighted by molar-refractivity contribution is 0.203. The predicted octanol–water partition coefficient (Wildman–Crippen LogP) is 2.71. The van der Waals surface area contributed by atoms with Gasteiger partial charge in [-0.05, 0) is 38.5 Å². The van der Waals surface area contributed by atoms with Gasteiger partial charge in [0.15, 0.2) is 0 Å². The van der Waals surface area contributed by atoms with Crippen molar-refractivity contribution in [1.82, 2.24) is 0 Å². The smallest absolute Gasteiger partial charge is 0.146 e. The maximum atomic E-state index is 14.1. The van der Waals surface area contributed by atoms with E-state index in [1.807, 2.05) is 31.7 Å². The van der Waals surface area contributed by atoms with Crippen molar-refractivity contribution >= 4 is 5.69 Å². The zero-order valence-electron chi connectivity index (χ0n) is 11.6. The molecule has 0 fully saturated rings. The third-order valence-electron chi connectivity index (χ3n) is 2.97. The quantitative estimate of drug-likeness (QED) is 0.848. The van der Waals surface area contributed by atoms with Gasteiger partial charge in [-0.25, -0.2) is 4.39 Å². The van der Waals surface area contributed by atoms with E-state index < -0.39 is 0 Å². The average Bonchev–Trinajstić information content (AvgIpc) is 2.30. The van der Waals surface area contributed by atoms with Gasteiger partial charge in [-0.15, -0.1) is 0 Å². The van der Waals surface area contributed by atoms with Gasteiger partial charge < -0.3 is 15.4 Å². The van der Waals surface area contributed by atoms with Crippen LogP contribution < -0.4 is 10.6 Å². The normalized spacial score (nSPS) is 12.8. The maximum absolute atomic E-state index is 14.1. The fraction of sp³-hybridized carbons (Fsp3) is 0.571. The first-order chi connectivity index (χ1) is 8.47. The number of hydrogen-bond acceptors (Lipinski definition) is 3. The Hall–Kier alpha value is -1.13. The molecule has 0 aromatic heterocycles. The average molecular weight is 254 g/mol. The van der Waals surface area contributed by atoms with Crippen molar-refractivity contribution in [3.05, 3.63) is 29.6 Å². The highest BCUT2D eigenvalue weighted by atomic mass is 19.1. The van der Waals surface area contributed by atoms with Crippen molar-refractivity contribution < 1.29 is 9.13 Å². The van der Waals surface area contributed by atoms with Gasteiger partial charge in [-0.2, -0.15) is 0 Å². The molecule has 18 heavy (non-hydrogen) atoms. The van der Waals surface area contributed by atoms with E-state index in [2.05, 4.69) is 0 Å². The van der Waals surface area contributed by atoms with Crippen molar-refractivity contribution in [3.8, 4) is 0 Å². The number of anilines is 1. The Labute approximate surface area is 109 Å². The predicted molar refractivity (Wildman–Crippen MR) is 73.4 cm³/mol. The van der Waals surface area contributed by atoms with Crippen LogP contribution in [0.1, 0.15) is 32.4 Å². The lowest BCUT2D eigenvalue weighted by Gasteiger charge is -2.29. The van der Waals surface area contributed by atoms with E-state index in [-0.39, 0.29) is 17.9 Å². The zero-order valence-corrected chi connectivity index (χ0v) is 11.6. The highest BCUT2D eigenvalue weighted by Gasteiger charge is 2.15. The van der Waals surface area contributed by atoms with Crippen LogP contribution in [0, 0.1) is 5.82 Å². The first-order valence-corrected chi connectivity index (χ1v) is 6.28. The molecule has 0 amide bonds. The van der Waals surface area contributed by atoms with Gasteiger partial charge in [0.1, 0.15) is 5.82 Å². The highest BCUT2D eigenvalue weighted by Crippen LogP contribution is 2.24. The SMILES string of the molecule is COCCN(c1ccc([C@H](C)N)cc1F)C(C)C. The van der Waals surface area contributed by atoms with Crippen LogP contribution in [0.3, 0.4) is 0 Å². The van der Waals surface area contributed by atoms with Gasteiger partial charge in [0, 0.05) is 25.7 Å². The van der Waals surface area contributed by atoms with Crippen molar-refractivity contribution in [1.29, 1.82) is 0 Å². The number of nitrogens with zero attached hydrogens (tertiary/aromatic N) is 1. The number of nitrogens with two attached hydrogens (primary N) is 1. The molecule has 0 heterocycles. The monoisotopic (exact) mass is 254 g/mol. The van der Waals surface area contributed by atoms with Crippen LogP contribution in [0.5, 0.6) is 0 Å². The van der Waals surface area contributed by atoms with Crippen LogP contribution in [0.15, 0.2) is 18.2 Å². The highest BCUT2D eigenvalue weighted by molar-refractivity contribution is 5.50. The minimum Gasteiger partial charge on any atom is -0.383 e. The maximum Gasteiger partial charge on any atom is 0.146 e. The first-order valence-electron chi connectivity index (χ1n) is 6.28. The van der Waals surface area contributed by atoms with E-state index in [0.717, 1.165) is 5.56 Å². The molecule has 1 aromatic carbocycles. The molecular formula is C14H23FN2O. The molecule has 2 N–H and O–H groups in total. The third kappa shape index (κ3) is 3.68. The summed E-state index contributed by atoms with van der Waals surface area (Å²) in [6, 6.07) is 5.26. The Bertz CT molecular complexity index is 380. The number of hydrogen-bond donors (Lipinski definition) is 1. The standard InChI is InChI=1S/C14H23FN2O/c1-10(2)17(7-8-18-4)14-6-5-12(11(3)16)9-13(14)15/h5-6,9-11H,7-8,16H2,1-4H3/t11-/m0/s1. The van der Waals surface area contributed by atoms with Crippen molar-refractivity contribution in [2.45, 2.75) is 32.9 Å². The number of methoxy groups -OCH3 is 1. The van der Waals surface area contributed by atoms with Gasteiger partial charge in [0.2, 0.25) is 0 Å². The molecule has 1 atom stereocenters. The molecule has 0 aliphatic carbocycles.